The fourth-order valence-electron chi connectivity index (χ4n) is 2.64. The first-order chi connectivity index (χ1) is 13.3. The van der Waals surface area contributed by atoms with Crippen molar-refractivity contribution in [2.75, 3.05) is 19.1 Å². The van der Waals surface area contributed by atoms with Crippen molar-refractivity contribution < 1.29 is 24.2 Å². The number of hydrogen-bond acceptors (Lipinski definition) is 6. The van der Waals surface area contributed by atoms with Crippen LogP contribution in [0.2, 0.25) is 0 Å². The topological polar surface area (TPSA) is 76.1 Å². The summed E-state index contributed by atoms with van der Waals surface area (Å²) < 4.78 is 11.6. The molecule has 0 aliphatic carbocycles. The third-order valence-electron chi connectivity index (χ3n) is 3.90. The summed E-state index contributed by atoms with van der Waals surface area (Å²) in [7, 11) is 3.07. The quantitative estimate of drug-likeness (QED) is 0.496. The van der Waals surface area contributed by atoms with E-state index in [0.29, 0.717) is 30.9 Å². The lowest BCUT2D eigenvalue weighted by Gasteiger charge is -2.15. The van der Waals surface area contributed by atoms with E-state index in [1.807, 2.05) is 0 Å². The monoisotopic (exact) mass is 479 g/mol. The molecule has 144 valence electrons. The van der Waals surface area contributed by atoms with Gasteiger partial charge in [-0.25, -0.2) is 4.79 Å². The number of carbonyl (C=O) groups excluding carboxylic acids is 1. The molecule has 3 rings (SSSR count). The molecule has 1 heterocycles. The number of hydrogen-bond donors (Lipinski definition) is 1. The summed E-state index contributed by atoms with van der Waals surface area (Å²) in [6, 6.07) is 9.66. The van der Waals surface area contributed by atoms with Gasteiger partial charge in [-0.3, -0.25) is 9.69 Å². The van der Waals surface area contributed by atoms with E-state index >= 15 is 0 Å². The highest BCUT2D eigenvalue weighted by molar-refractivity contribution is 9.10. The van der Waals surface area contributed by atoms with E-state index in [-0.39, 0.29) is 11.5 Å². The lowest BCUT2D eigenvalue weighted by Crippen LogP contribution is -2.27. The normalized spacial score (nSPS) is 15.2. The molecule has 1 N–H and O–H groups in total. The van der Waals surface area contributed by atoms with E-state index in [1.165, 1.54) is 24.1 Å². The number of carboxylic acid groups (broad SMARTS) is 1. The summed E-state index contributed by atoms with van der Waals surface area (Å²) in [5, 5.41) is 9.17. The minimum absolute atomic E-state index is 0.0827. The first-order valence-electron chi connectivity index (χ1n) is 7.88. The highest BCUT2D eigenvalue weighted by atomic mass is 79.9. The number of ether oxygens (including phenoxy) is 2. The van der Waals surface area contributed by atoms with Gasteiger partial charge in [0.05, 0.1) is 34.8 Å². The van der Waals surface area contributed by atoms with Crippen LogP contribution < -0.4 is 14.4 Å². The van der Waals surface area contributed by atoms with Gasteiger partial charge in [0.2, 0.25) is 0 Å². The second-order valence-electron chi connectivity index (χ2n) is 5.61. The molecule has 2 aromatic rings. The molecule has 0 bridgehead atoms. The van der Waals surface area contributed by atoms with Crippen LogP contribution in [0.5, 0.6) is 11.5 Å². The van der Waals surface area contributed by atoms with E-state index < -0.39 is 5.97 Å². The number of carboxylic acids is 1. The van der Waals surface area contributed by atoms with Gasteiger partial charge < -0.3 is 14.6 Å². The lowest BCUT2D eigenvalue weighted by molar-refractivity contribution is -0.113. The van der Waals surface area contributed by atoms with Crippen molar-refractivity contribution in [2.24, 2.45) is 0 Å². The van der Waals surface area contributed by atoms with E-state index in [0.717, 1.165) is 17.3 Å². The second-order valence-corrected chi connectivity index (χ2v) is 8.14. The number of rotatable bonds is 5. The van der Waals surface area contributed by atoms with Crippen LogP contribution in [0.25, 0.3) is 6.08 Å². The minimum atomic E-state index is -1.07. The Morgan fingerprint density at radius 1 is 1.25 bits per heavy atom. The van der Waals surface area contributed by atoms with Crippen molar-refractivity contribution in [3.05, 3.63) is 56.9 Å². The molecular weight excluding hydrogens is 466 g/mol. The molecule has 2 aromatic carbocycles. The van der Waals surface area contributed by atoms with Crippen molar-refractivity contribution in [2.45, 2.75) is 0 Å². The van der Waals surface area contributed by atoms with Crippen LogP contribution in [-0.2, 0) is 4.79 Å². The third-order valence-corrected chi connectivity index (χ3v) is 5.79. The molecule has 9 heteroatoms. The summed E-state index contributed by atoms with van der Waals surface area (Å²) in [6.45, 7) is 0. The second kappa shape index (κ2) is 8.34. The van der Waals surface area contributed by atoms with Crippen molar-refractivity contribution in [3.8, 4) is 11.5 Å². The highest BCUT2D eigenvalue weighted by Gasteiger charge is 2.33. The van der Waals surface area contributed by atoms with Crippen LogP contribution in [0.15, 0.2) is 45.8 Å². The molecule has 1 aliphatic heterocycles. The maximum Gasteiger partial charge on any atom is 0.335 e. The van der Waals surface area contributed by atoms with Gasteiger partial charge in [0.25, 0.3) is 5.91 Å². The SMILES string of the molecule is COc1cc(/C=C2/SC(=S)N(c3cccc(C(=O)O)c3)C2=O)cc(Br)c1OC. The van der Waals surface area contributed by atoms with Gasteiger partial charge in [-0.1, -0.05) is 30.0 Å². The zero-order valence-electron chi connectivity index (χ0n) is 14.8. The van der Waals surface area contributed by atoms with Gasteiger partial charge in [0, 0.05) is 0 Å². The standard InChI is InChI=1S/C19H14BrNO5S2/c1-25-14-7-10(6-13(20)16(14)26-2)8-15-17(22)21(19(27)28-15)12-5-3-4-11(9-12)18(23)24/h3-9H,1-2H3,(H,23,24)/b15-8+. The van der Waals surface area contributed by atoms with Gasteiger partial charge in [-0.2, -0.15) is 0 Å². The maximum absolute atomic E-state index is 12.9. The van der Waals surface area contributed by atoms with E-state index in [2.05, 4.69) is 15.9 Å². The van der Waals surface area contributed by atoms with E-state index in [4.69, 9.17) is 26.8 Å². The number of anilines is 1. The van der Waals surface area contributed by atoms with E-state index in [9.17, 15) is 9.59 Å². The Bertz CT molecular complexity index is 1020. The molecule has 1 amide bonds. The average Bonchev–Trinajstić information content (AvgIpc) is 2.94. The molecule has 0 unspecified atom stereocenters. The van der Waals surface area contributed by atoms with Gasteiger partial charge in [0.1, 0.15) is 0 Å². The molecule has 0 saturated carbocycles. The number of halogens is 1. The summed E-state index contributed by atoms with van der Waals surface area (Å²) in [5.74, 6) is -0.313. The van der Waals surface area contributed by atoms with E-state index in [1.54, 1.807) is 37.5 Å². The van der Waals surface area contributed by atoms with Crippen LogP contribution in [0, 0.1) is 0 Å². The Labute approximate surface area is 179 Å². The molecule has 0 spiro atoms. The zero-order valence-corrected chi connectivity index (χ0v) is 18.0. The highest BCUT2D eigenvalue weighted by Crippen LogP contribution is 2.40. The number of thiocarbonyl (C=S) groups is 1. The minimum Gasteiger partial charge on any atom is -0.493 e. The molecule has 0 atom stereocenters. The Morgan fingerprint density at radius 3 is 2.64 bits per heavy atom. The number of methoxy groups -OCH3 is 2. The predicted octanol–water partition coefficient (Wildman–Crippen LogP) is 4.57. The molecule has 1 saturated heterocycles. The largest absolute Gasteiger partial charge is 0.493 e. The number of benzene rings is 2. The van der Waals surface area contributed by atoms with Crippen molar-refractivity contribution in [1.29, 1.82) is 0 Å². The Hall–Kier alpha value is -2.36. The maximum atomic E-state index is 12.9. The first kappa shape index (κ1) is 20.4. The zero-order chi connectivity index (χ0) is 20.4. The van der Waals surface area contributed by atoms with Crippen LogP contribution >= 0.6 is 39.9 Å². The van der Waals surface area contributed by atoms with Gasteiger partial charge in [-0.05, 0) is 57.9 Å². The predicted molar refractivity (Wildman–Crippen MR) is 116 cm³/mol. The number of nitrogens with zero attached hydrogens (tertiary/aromatic N) is 1. The van der Waals surface area contributed by atoms with Gasteiger partial charge >= 0.3 is 5.97 Å². The van der Waals surface area contributed by atoms with Crippen molar-refractivity contribution >= 4 is 67.9 Å². The smallest absolute Gasteiger partial charge is 0.335 e. The van der Waals surface area contributed by atoms with Gasteiger partial charge in [0.15, 0.2) is 15.8 Å². The molecule has 1 fully saturated rings. The Morgan fingerprint density at radius 2 is 2.00 bits per heavy atom. The molecule has 1 aliphatic rings. The summed E-state index contributed by atoms with van der Waals surface area (Å²) in [6.07, 6.45) is 1.70. The average molecular weight is 480 g/mol. The van der Waals surface area contributed by atoms with Gasteiger partial charge in [-0.15, -0.1) is 0 Å². The van der Waals surface area contributed by atoms with Crippen LogP contribution in [0.3, 0.4) is 0 Å². The summed E-state index contributed by atoms with van der Waals surface area (Å²) >= 11 is 9.92. The summed E-state index contributed by atoms with van der Waals surface area (Å²) in [4.78, 5) is 25.8. The fourth-order valence-corrected chi connectivity index (χ4v) is 4.56. The number of aromatic carboxylic acids is 1. The summed E-state index contributed by atoms with van der Waals surface area (Å²) in [5.41, 5.74) is 1.22. The van der Waals surface area contributed by atoms with Crippen molar-refractivity contribution in [3.63, 3.8) is 0 Å². The fraction of sp³-hybridized carbons (Fsp3) is 0.105. The third kappa shape index (κ3) is 3.91. The number of amides is 1. The van der Waals surface area contributed by atoms with Crippen LogP contribution in [0.4, 0.5) is 5.69 Å². The molecule has 0 radical (unpaired) electrons. The Kier molecular flexibility index (Phi) is 6.07. The molecule has 28 heavy (non-hydrogen) atoms. The lowest BCUT2D eigenvalue weighted by atomic mass is 10.1. The molecule has 6 nitrogen and oxygen atoms in total. The van der Waals surface area contributed by atoms with Crippen LogP contribution in [0.1, 0.15) is 15.9 Å². The molecule has 0 aromatic heterocycles. The molecular formula is C19H14BrNO5S2. The number of thioether (sulfide) groups is 1. The first-order valence-corrected chi connectivity index (χ1v) is 9.90. The van der Waals surface area contributed by atoms with Crippen LogP contribution in [-0.4, -0.2) is 35.5 Å². The Balaban J connectivity index is 1.97. The van der Waals surface area contributed by atoms with Crippen molar-refractivity contribution in [1.82, 2.24) is 0 Å². The number of carbonyl (C=O) groups is 2.